The molecule has 0 radical (unpaired) electrons. The zero-order chi connectivity index (χ0) is 19.5. The quantitative estimate of drug-likeness (QED) is 0.862. The SMILES string of the molecule is CC(=C1CC1)c1cc(C(=O)N[C@H]2[C@@H]3COC[C@@]32C)n([C@H](C)c2ccccc2)n1. The summed E-state index contributed by atoms with van der Waals surface area (Å²) in [6.45, 7) is 7.90. The highest BCUT2D eigenvalue weighted by atomic mass is 16.5. The maximum Gasteiger partial charge on any atom is 0.269 e. The highest BCUT2D eigenvalue weighted by Crippen LogP contribution is 2.56. The van der Waals surface area contributed by atoms with Gasteiger partial charge in [0, 0.05) is 17.4 Å². The Labute approximate surface area is 165 Å². The second-order valence-electron chi connectivity index (χ2n) is 8.75. The first-order valence-electron chi connectivity index (χ1n) is 10.2. The van der Waals surface area contributed by atoms with Crippen LogP contribution >= 0.6 is 0 Å². The van der Waals surface area contributed by atoms with Crippen molar-refractivity contribution < 1.29 is 9.53 Å². The largest absolute Gasteiger partial charge is 0.380 e. The van der Waals surface area contributed by atoms with Gasteiger partial charge in [0.1, 0.15) is 5.69 Å². The molecule has 0 bridgehead atoms. The average molecular weight is 377 g/mol. The Bertz CT molecular complexity index is 955. The first-order valence-corrected chi connectivity index (χ1v) is 10.2. The molecule has 1 aromatic carbocycles. The predicted octanol–water partition coefficient (Wildman–Crippen LogP) is 3.82. The van der Waals surface area contributed by atoms with Crippen LogP contribution < -0.4 is 5.32 Å². The van der Waals surface area contributed by atoms with Gasteiger partial charge >= 0.3 is 0 Å². The summed E-state index contributed by atoms with van der Waals surface area (Å²) < 4.78 is 7.43. The van der Waals surface area contributed by atoms with Crippen molar-refractivity contribution >= 4 is 11.5 Å². The van der Waals surface area contributed by atoms with Crippen LogP contribution in [0.25, 0.3) is 5.57 Å². The van der Waals surface area contributed by atoms with Crippen LogP contribution in [0, 0.1) is 11.3 Å². The molecule has 0 spiro atoms. The molecule has 3 fully saturated rings. The smallest absolute Gasteiger partial charge is 0.269 e. The van der Waals surface area contributed by atoms with Crippen molar-refractivity contribution in [1.29, 1.82) is 0 Å². The van der Waals surface area contributed by atoms with Gasteiger partial charge in [-0.2, -0.15) is 5.10 Å². The number of nitrogens with zero attached hydrogens (tertiary/aromatic N) is 2. The summed E-state index contributed by atoms with van der Waals surface area (Å²) in [7, 11) is 0. The molecule has 2 heterocycles. The van der Waals surface area contributed by atoms with E-state index in [1.54, 1.807) is 0 Å². The lowest BCUT2D eigenvalue weighted by molar-refractivity contribution is 0.0902. The van der Waals surface area contributed by atoms with Crippen LogP contribution in [-0.2, 0) is 4.74 Å². The van der Waals surface area contributed by atoms with Crippen molar-refractivity contribution in [3.05, 3.63) is 58.9 Å². The van der Waals surface area contributed by atoms with Gasteiger partial charge in [0.15, 0.2) is 0 Å². The minimum atomic E-state index is -0.0317. The number of aromatic nitrogens is 2. The number of fused-ring (bicyclic) bond motifs is 1. The van der Waals surface area contributed by atoms with Gasteiger partial charge in [0.25, 0.3) is 5.91 Å². The van der Waals surface area contributed by atoms with Crippen LogP contribution in [0.2, 0.25) is 0 Å². The van der Waals surface area contributed by atoms with Gasteiger partial charge in [-0.15, -0.1) is 0 Å². The molecule has 3 aliphatic rings. The molecule has 1 N–H and O–H groups in total. The molecule has 5 nitrogen and oxygen atoms in total. The molecular formula is C23H27N3O2. The van der Waals surface area contributed by atoms with E-state index >= 15 is 0 Å². The predicted molar refractivity (Wildman–Crippen MR) is 108 cm³/mol. The zero-order valence-electron chi connectivity index (χ0n) is 16.7. The molecule has 2 aliphatic carbocycles. The van der Waals surface area contributed by atoms with E-state index in [0.29, 0.717) is 11.6 Å². The Morgan fingerprint density at radius 3 is 2.71 bits per heavy atom. The number of ether oxygens (including phenoxy) is 1. The lowest BCUT2D eigenvalue weighted by atomic mass is 10.1. The Morgan fingerprint density at radius 2 is 2.07 bits per heavy atom. The van der Waals surface area contributed by atoms with E-state index in [1.165, 1.54) is 11.1 Å². The second-order valence-corrected chi connectivity index (χ2v) is 8.75. The van der Waals surface area contributed by atoms with Crippen molar-refractivity contribution in [1.82, 2.24) is 15.1 Å². The van der Waals surface area contributed by atoms with E-state index in [0.717, 1.165) is 37.3 Å². The van der Waals surface area contributed by atoms with Gasteiger partial charge in [-0.25, -0.2) is 0 Å². The monoisotopic (exact) mass is 377 g/mol. The number of amides is 1. The van der Waals surface area contributed by atoms with Crippen molar-refractivity contribution in [2.75, 3.05) is 13.2 Å². The molecule has 1 saturated heterocycles. The third kappa shape index (κ3) is 2.80. The van der Waals surface area contributed by atoms with Gasteiger partial charge in [-0.1, -0.05) is 42.8 Å². The molecule has 0 unspecified atom stereocenters. The normalized spacial score (nSPS) is 28.6. The topological polar surface area (TPSA) is 56.1 Å². The first kappa shape index (κ1) is 17.7. The van der Waals surface area contributed by atoms with Gasteiger partial charge in [0.05, 0.1) is 24.9 Å². The number of benzene rings is 1. The second kappa shape index (κ2) is 6.31. The Hall–Kier alpha value is -2.40. The number of carbonyl (C=O) groups excluding carboxylic acids is 1. The third-order valence-corrected chi connectivity index (χ3v) is 6.88. The van der Waals surface area contributed by atoms with E-state index in [-0.39, 0.29) is 23.4 Å². The summed E-state index contributed by atoms with van der Waals surface area (Å²) in [5.74, 6) is 0.407. The lowest BCUT2D eigenvalue weighted by Crippen LogP contribution is -2.33. The first-order chi connectivity index (χ1) is 13.5. The highest BCUT2D eigenvalue weighted by molar-refractivity contribution is 5.94. The fraction of sp³-hybridized carbons (Fsp3) is 0.478. The van der Waals surface area contributed by atoms with Crippen LogP contribution in [0.5, 0.6) is 0 Å². The summed E-state index contributed by atoms with van der Waals surface area (Å²) >= 11 is 0. The number of hydrogen-bond acceptors (Lipinski definition) is 3. The van der Waals surface area contributed by atoms with E-state index in [4.69, 9.17) is 9.84 Å². The molecule has 5 heteroatoms. The standard InChI is InChI=1S/C23H27N3O2/c1-14(16-9-10-16)19-11-20(22(27)24-21-18-12-28-13-23(18,21)3)26(25-19)15(2)17-7-5-4-6-8-17/h4-8,11,15,18,21H,9-10,12-13H2,1-3H3,(H,24,27)/t15-,18+,21+,23+/m1/s1. The molecule has 2 saturated carbocycles. The summed E-state index contributed by atoms with van der Waals surface area (Å²) in [5, 5.41) is 8.12. The fourth-order valence-electron chi connectivity index (χ4n) is 4.56. The maximum absolute atomic E-state index is 13.2. The highest BCUT2D eigenvalue weighted by Gasteiger charge is 2.65. The number of allylic oxidation sites excluding steroid dienone is 2. The number of carbonyl (C=O) groups is 1. The zero-order valence-corrected chi connectivity index (χ0v) is 16.7. The summed E-state index contributed by atoms with van der Waals surface area (Å²) in [6.07, 6.45) is 2.30. The van der Waals surface area contributed by atoms with Crippen LogP contribution in [0.1, 0.15) is 61.4 Å². The Kier molecular flexibility index (Phi) is 3.98. The molecule has 1 aromatic heterocycles. The Balaban J connectivity index is 1.47. The summed E-state index contributed by atoms with van der Waals surface area (Å²) in [5.41, 5.74) is 5.47. The molecule has 1 amide bonds. The van der Waals surface area contributed by atoms with Crippen LogP contribution in [0.15, 0.2) is 42.0 Å². The van der Waals surface area contributed by atoms with Gasteiger partial charge in [0.2, 0.25) is 0 Å². The lowest BCUT2D eigenvalue weighted by Gasteiger charge is -2.17. The van der Waals surface area contributed by atoms with Gasteiger partial charge < -0.3 is 10.1 Å². The fourth-order valence-corrected chi connectivity index (χ4v) is 4.56. The summed E-state index contributed by atoms with van der Waals surface area (Å²) in [4.78, 5) is 13.2. The average Bonchev–Trinajstić information content (AvgIpc) is 3.53. The number of hydrogen-bond donors (Lipinski definition) is 1. The van der Waals surface area contributed by atoms with Crippen LogP contribution in [-0.4, -0.2) is 34.9 Å². The third-order valence-electron chi connectivity index (χ3n) is 6.88. The van der Waals surface area contributed by atoms with E-state index < -0.39 is 0 Å². The molecular weight excluding hydrogens is 350 g/mol. The number of rotatable bonds is 5. The van der Waals surface area contributed by atoms with Gasteiger partial charge in [-0.3, -0.25) is 9.48 Å². The minimum absolute atomic E-state index is 0.00896. The molecule has 1 aliphatic heterocycles. The van der Waals surface area contributed by atoms with E-state index in [1.807, 2.05) is 28.9 Å². The Morgan fingerprint density at radius 1 is 1.32 bits per heavy atom. The van der Waals surface area contributed by atoms with Crippen LogP contribution in [0.4, 0.5) is 0 Å². The van der Waals surface area contributed by atoms with Crippen LogP contribution in [0.3, 0.4) is 0 Å². The number of nitrogens with one attached hydrogen (secondary N) is 1. The molecule has 28 heavy (non-hydrogen) atoms. The van der Waals surface area contributed by atoms with Crippen molar-refractivity contribution in [3.8, 4) is 0 Å². The van der Waals surface area contributed by atoms with E-state index in [9.17, 15) is 4.79 Å². The minimum Gasteiger partial charge on any atom is -0.380 e. The van der Waals surface area contributed by atoms with Crippen molar-refractivity contribution in [3.63, 3.8) is 0 Å². The molecule has 5 rings (SSSR count). The van der Waals surface area contributed by atoms with Gasteiger partial charge in [-0.05, 0) is 43.9 Å². The van der Waals surface area contributed by atoms with Crippen molar-refractivity contribution in [2.45, 2.75) is 45.7 Å². The van der Waals surface area contributed by atoms with E-state index in [2.05, 4.69) is 38.2 Å². The maximum atomic E-state index is 13.2. The molecule has 4 atom stereocenters. The molecule has 146 valence electrons. The summed E-state index contributed by atoms with van der Waals surface area (Å²) in [6, 6.07) is 12.4. The van der Waals surface area contributed by atoms with Crippen molar-refractivity contribution in [2.24, 2.45) is 11.3 Å². The molecule has 2 aromatic rings.